The van der Waals surface area contributed by atoms with Crippen molar-refractivity contribution in [3.05, 3.63) is 102 Å². The number of carbonyl (C=O) groups is 1. The van der Waals surface area contributed by atoms with E-state index in [1.54, 1.807) is 37.5 Å². The number of carbonyl (C=O) groups excluding carboxylic acids is 1. The van der Waals surface area contributed by atoms with Gasteiger partial charge in [-0.25, -0.2) is 0 Å². The van der Waals surface area contributed by atoms with Crippen molar-refractivity contribution in [2.45, 2.75) is 6.61 Å². The summed E-state index contributed by atoms with van der Waals surface area (Å²) >= 11 is 0. The van der Waals surface area contributed by atoms with Crippen molar-refractivity contribution in [3.63, 3.8) is 0 Å². The monoisotopic (exact) mass is 344 g/mol. The van der Waals surface area contributed by atoms with Gasteiger partial charge in [-0.15, -0.1) is 0 Å². The van der Waals surface area contributed by atoms with Crippen molar-refractivity contribution < 1.29 is 14.3 Å². The van der Waals surface area contributed by atoms with E-state index in [0.29, 0.717) is 17.9 Å². The second-order valence-electron chi connectivity index (χ2n) is 5.73. The summed E-state index contributed by atoms with van der Waals surface area (Å²) in [4.78, 5) is 12.2. The minimum Gasteiger partial charge on any atom is -0.496 e. The van der Waals surface area contributed by atoms with E-state index < -0.39 is 0 Å². The molecule has 0 saturated carbocycles. The first-order valence-electron chi connectivity index (χ1n) is 8.38. The molecule has 0 fully saturated rings. The fourth-order valence-electron chi connectivity index (χ4n) is 2.53. The lowest BCUT2D eigenvalue weighted by Crippen LogP contribution is -1.99. The number of benzene rings is 3. The molecule has 0 radical (unpaired) electrons. The molecule has 3 nitrogen and oxygen atoms in total. The molecule has 0 aliphatic carbocycles. The predicted octanol–water partition coefficient (Wildman–Crippen LogP) is 5.17. The van der Waals surface area contributed by atoms with Crippen LogP contribution in [0.15, 0.2) is 84.9 Å². The Morgan fingerprint density at radius 3 is 2.31 bits per heavy atom. The Hall–Kier alpha value is -3.33. The summed E-state index contributed by atoms with van der Waals surface area (Å²) in [6.07, 6.45) is 3.40. The molecule has 3 aromatic carbocycles. The summed E-state index contributed by atoms with van der Waals surface area (Å²) < 4.78 is 11.1. The van der Waals surface area contributed by atoms with E-state index in [4.69, 9.17) is 9.47 Å². The number of rotatable bonds is 7. The lowest BCUT2D eigenvalue weighted by atomic mass is 10.1. The van der Waals surface area contributed by atoms with Gasteiger partial charge in [0, 0.05) is 11.1 Å². The Labute approximate surface area is 153 Å². The summed E-state index contributed by atoms with van der Waals surface area (Å²) in [5.74, 6) is 1.47. The van der Waals surface area contributed by atoms with E-state index >= 15 is 0 Å². The van der Waals surface area contributed by atoms with Crippen LogP contribution in [-0.4, -0.2) is 12.9 Å². The van der Waals surface area contributed by atoms with Gasteiger partial charge in [-0.2, -0.15) is 0 Å². The molecule has 0 saturated heterocycles. The van der Waals surface area contributed by atoms with Gasteiger partial charge in [-0.3, -0.25) is 4.79 Å². The molecule has 3 rings (SSSR count). The Kier molecular flexibility index (Phi) is 5.84. The lowest BCUT2D eigenvalue weighted by molar-refractivity contribution is 0.104. The second-order valence-corrected chi connectivity index (χ2v) is 5.73. The molecule has 130 valence electrons. The van der Waals surface area contributed by atoms with E-state index in [1.807, 2.05) is 60.7 Å². The number of para-hydroxylation sites is 1. The Morgan fingerprint density at radius 1 is 0.885 bits per heavy atom. The minimum absolute atomic E-state index is 0.0369. The average Bonchev–Trinajstić information content (AvgIpc) is 2.72. The SMILES string of the molecule is COc1ccccc1COc1ccc(C(=O)/C=C/c2ccccc2)cc1. The van der Waals surface area contributed by atoms with Gasteiger partial charge < -0.3 is 9.47 Å². The first kappa shape index (κ1) is 17.5. The predicted molar refractivity (Wildman–Crippen MR) is 104 cm³/mol. The molecule has 0 aliphatic rings. The van der Waals surface area contributed by atoms with Crippen molar-refractivity contribution in [2.75, 3.05) is 7.11 Å². The molecule has 0 bridgehead atoms. The third kappa shape index (κ3) is 4.61. The van der Waals surface area contributed by atoms with Crippen molar-refractivity contribution in [1.29, 1.82) is 0 Å². The van der Waals surface area contributed by atoms with Gasteiger partial charge in [0.25, 0.3) is 0 Å². The summed E-state index contributed by atoms with van der Waals surface area (Å²) in [7, 11) is 1.64. The molecule has 0 spiro atoms. The average molecular weight is 344 g/mol. The fraction of sp³-hybridized carbons (Fsp3) is 0.0870. The second kappa shape index (κ2) is 8.67. The molecule has 0 aliphatic heterocycles. The highest BCUT2D eigenvalue weighted by molar-refractivity contribution is 6.06. The smallest absolute Gasteiger partial charge is 0.185 e. The molecule has 0 amide bonds. The summed E-state index contributed by atoms with van der Waals surface area (Å²) in [6, 6.07) is 24.6. The first-order chi connectivity index (χ1) is 12.8. The van der Waals surface area contributed by atoms with Crippen LogP contribution in [-0.2, 0) is 6.61 Å². The maximum atomic E-state index is 12.2. The van der Waals surface area contributed by atoms with Crippen LogP contribution >= 0.6 is 0 Å². The molecule has 0 N–H and O–H groups in total. The highest BCUT2D eigenvalue weighted by atomic mass is 16.5. The molecule has 0 heterocycles. The van der Waals surface area contributed by atoms with E-state index in [1.165, 1.54) is 0 Å². The number of ketones is 1. The van der Waals surface area contributed by atoms with Crippen LogP contribution in [0.2, 0.25) is 0 Å². The van der Waals surface area contributed by atoms with Crippen LogP contribution < -0.4 is 9.47 Å². The molecule has 0 aromatic heterocycles. The number of methoxy groups -OCH3 is 1. The van der Waals surface area contributed by atoms with E-state index in [0.717, 1.165) is 16.9 Å². The third-order valence-electron chi connectivity index (χ3n) is 3.95. The zero-order valence-electron chi connectivity index (χ0n) is 14.6. The van der Waals surface area contributed by atoms with Crippen molar-refractivity contribution in [3.8, 4) is 11.5 Å². The van der Waals surface area contributed by atoms with Gasteiger partial charge in [0.15, 0.2) is 5.78 Å². The maximum Gasteiger partial charge on any atom is 0.185 e. The molecule has 0 atom stereocenters. The molecule has 3 heteroatoms. The van der Waals surface area contributed by atoms with Gasteiger partial charge in [0.05, 0.1) is 7.11 Å². The highest BCUT2D eigenvalue weighted by Gasteiger charge is 2.05. The van der Waals surface area contributed by atoms with Crippen molar-refractivity contribution in [1.82, 2.24) is 0 Å². The van der Waals surface area contributed by atoms with Gasteiger partial charge in [0.1, 0.15) is 18.1 Å². The zero-order chi connectivity index (χ0) is 18.2. The largest absolute Gasteiger partial charge is 0.496 e. The Bertz CT molecular complexity index is 881. The van der Waals surface area contributed by atoms with Crippen molar-refractivity contribution >= 4 is 11.9 Å². The Morgan fingerprint density at radius 2 is 1.58 bits per heavy atom. The molecular weight excluding hydrogens is 324 g/mol. The summed E-state index contributed by atoms with van der Waals surface area (Å²) in [6.45, 7) is 0.408. The van der Waals surface area contributed by atoms with E-state index in [9.17, 15) is 4.79 Å². The van der Waals surface area contributed by atoms with E-state index in [2.05, 4.69) is 0 Å². The molecule has 0 unspecified atom stereocenters. The van der Waals surface area contributed by atoms with Crippen LogP contribution in [0.5, 0.6) is 11.5 Å². The zero-order valence-corrected chi connectivity index (χ0v) is 14.6. The molecular formula is C23H20O3. The first-order valence-corrected chi connectivity index (χ1v) is 8.38. The minimum atomic E-state index is -0.0369. The van der Waals surface area contributed by atoms with Gasteiger partial charge >= 0.3 is 0 Å². The normalized spacial score (nSPS) is 10.7. The number of hydrogen-bond acceptors (Lipinski definition) is 3. The summed E-state index contributed by atoms with van der Waals surface area (Å²) in [5.41, 5.74) is 2.60. The standard InChI is InChI=1S/C23H20O3/c1-25-23-10-6-5-9-20(23)17-26-21-14-12-19(13-15-21)22(24)16-11-18-7-3-2-4-8-18/h2-16H,17H2,1H3/b16-11+. The van der Waals surface area contributed by atoms with Gasteiger partial charge in [-0.05, 0) is 42.0 Å². The van der Waals surface area contributed by atoms with Crippen LogP contribution in [0.3, 0.4) is 0 Å². The van der Waals surface area contributed by atoms with Gasteiger partial charge in [0.2, 0.25) is 0 Å². The maximum absolute atomic E-state index is 12.2. The number of hydrogen-bond donors (Lipinski definition) is 0. The summed E-state index contributed by atoms with van der Waals surface area (Å²) in [5, 5.41) is 0. The topological polar surface area (TPSA) is 35.5 Å². The van der Waals surface area contributed by atoms with E-state index in [-0.39, 0.29) is 5.78 Å². The molecule has 26 heavy (non-hydrogen) atoms. The van der Waals surface area contributed by atoms with Crippen LogP contribution in [0.25, 0.3) is 6.08 Å². The number of ether oxygens (including phenoxy) is 2. The van der Waals surface area contributed by atoms with Crippen LogP contribution in [0.4, 0.5) is 0 Å². The highest BCUT2D eigenvalue weighted by Crippen LogP contribution is 2.20. The van der Waals surface area contributed by atoms with Crippen molar-refractivity contribution in [2.24, 2.45) is 0 Å². The van der Waals surface area contributed by atoms with Crippen LogP contribution in [0, 0.1) is 0 Å². The third-order valence-corrected chi connectivity index (χ3v) is 3.95. The van der Waals surface area contributed by atoms with Crippen LogP contribution in [0.1, 0.15) is 21.5 Å². The number of allylic oxidation sites excluding steroid dienone is 1. The van der Waals surface area contributed by atoms with Gasteiger partial charge in [-0.1, -0.05) is 54.6 Å². The fourth-order valence-corrected chi connectivity index (χ4v) is 2.53. The lowest BCUT2D eigenvalue weighted by Gasteiger charge is -2.10. The molecule has 3 aromatic rings. The quantitative estimate of drug-likeness (QED) is 0.438. The Balaban J connectivity index is 1.61.